The number of hydrazone groups is 1. The fraction of sp³-hybridized carbons (Fsp3) is 0.0500. The van der Waals surface area contributed by atoms with Crippen LogP contribution in [0.3, 0.4) is 0 Å². The van der Waals surface area contributed by atoms with Gasteiger partial charge in [0.05, 0.1) is 16.0 Å². The van der Waals surface area contributed by atoms with Crippen molar-refractivity contribution >= 4 is 27.6 Å². The van der Waals surface area contributed by atoms with Gasteiger partial charge in [0, 0.05) is 6.07 Å². The van der Waals surface area contributed by atoms with Crippen LogP contribution in [0, 0.1) is 10.1 Å². The zero-order chi connectivity index (χ0) is 21.6. The second kappa shape index (κ2) is 9.16. The molecule has 3 aromatic carbocycles. The van der Waals surface area contributed by atoms with E-state index in [-0.39, 0.29) is 10.6 Å². The van der Waals surface area contributed by atoms with Crippen LogP contribution >= 0.6 is 0 Å². The van der Waals surface area contributed by atoms with Gasteiger partial charge in [-0.25, -0.2) is 13.6 Å². The number of rotatable bonds is 8. The monoisotopic (exact) mass is 426 g/mol. The summed E-state index contributed by atoms with van der Waals surface area (Å²) in [5.41, 5.74) is 3.86. The van der Waals surface area contributed by atoms with E-state index in [1.807, 2.05) is 36.4 Å². The molecule has 0 aliphatic heterocycles. The smallest absolute Gasteiger partial charge is 0.295 e. The Bertz CT molecular complexity index is 1180. The number of nitro benzene ring substituents is 1. The molecule has 3 aromatic rings. The summed E-state index contributed by atoms with van der Waals surface area (Å²) in [4.78, 5) is 10.2. The van der Waals surface area contributed by atoms with E-state index in [9.17, 15) is 18.5 Å². The zero-order valence-corrected chi connectivity index (χ0v) is 16.5. The zero-order valence-electron chi connectivity index (χ0n) is 15.6. The Kier molecular flexibility index (Phi) is 6.40. The summed E-state index contributed by atoms with van der Waals surface area (Å²) in [5.74, 6) is 0.645. The first-order chi connectivity index (χ1) is 14.3. The van der Waals surface area contributed by atoms with E-state index < -0.39 is 20.6 Å². The summed E-state index contributed by atoms with van der Waals surface area (Å²) in [6.45, 7) is 0.419. The summed E-state index contributed by atoms with van der Waals surface area (Å²) in [5, 5.41) is 20.2. The van der Waals surface area contributed by atoms with E-state index in [1.54, 1.807) is 18.2 Å². The number of primary sulfonamides is 1. The van der Waals surface area contributed by atoms with Gasteiger partial charge in [-0.3, -0.25) is 15.5 Å². The number of sulfonamides is 1. The highest BCUT2D eigenvalue weighted by Crippen LogP contribution is 2.27. The first-order valence-corrected chi connectivity index (χ1v) is 10.2. The Morgan fingerprint density at radius 2 is 1.83 bits per heavy atom. The minimum absolute atomic E-state index is 0.0279. The van der Waals surface area contributed by atoms with Crippen LogP contribution in [-0.4, -0.2) is 19.6 Å². The summed E-state index contributed by atoms with van der Waals surface area (Å²) in [6, 6.07) is 20.2. The van der Waals surface area contributed by atoms with Crippen molar-refractivity contribution < 1.29 is 18.1 Å². The fourth-order valence-corrected chi connectivity index (χ4v) is 3.07. The number of benzene rings is 3. The molecule has 3 rings (SSSR count). The number of hydrogen-bond donors (Lipinski definition) is 2. The number of nitrogens with zero attached hydrogens (tertiary/aromatic N) is 2. The van der Waals surface area contributed by atoms with Crippen LogP contribution in [0.2, 0.25) is 0 Å². The first kappa shape index (κ1) is 21.0. The Morgan fingerprint density at radius 3 is 2.53 bits per heavy atom. The van der Waals surface area contributed by atoms with E-state index in [0.717, 1.165) is 17.7 Å². The van der Waals surface area contributed by atoms with Gasteiger partial charge in [0.25, 0.3) is 5.69 Å². The molecule has 10 heteroatoms. The van der Waals surface area contributed by atoms with Crippen molar-refractivity contribution in [1.82, 2.24) is 0 Å². The highest BCUT2D eigenvalue weighted by molar-refractivity contribution is 7.89. The van der Waals surface area contributed by atoms with Gasteiger partial charge in [0.2, 0.25) is 10.0 Å². The van der Waals surface area contributed by atoms with E-state index in [1.165, 1.54) is 12.3 Å². The number of nitrogens with two attached hydrogens (primary N) is 1. The maximum atomic E-state index is 11.4. The topological polar surface area (TPSA) is 137 Å². The van der Waals surface area contributed by atoms with Crippen molar-refractivity contribution in [2.24, 2.45) is 10.2 Å². The molecule has 3 N–H and O–H groups in total. The maximum Gasteiger partial charge on any atom is 0.295 e. The third-order valence-corrected chi connectivity index (χ3v) is 4.91. The minimum Gasteiger partial charge on any atom is -0.489 e. The lowest BCUT2D eigenvalue weighted by atomic mass is 10.2. The van der Waals surface area contributed by atoms with Gasteiger partial charge < -0.3 is 4.74 Å². The van der Waals surface area contributed by atoms with Crippen LogP contribution in [0.4, 0.5) is 11.4 Å². The molecule has 0 saturated heterocycles. The summed E-state index contributed by atoms with van der Waals surface area (Å²) >= 11 is 0. The maximum absolute atomic E-state index is 11.4. The Hall–Kier alpha value is -3.76. The summed E-state index contributed by atoms with van der Waals surface area (Å²) < 4.78 is 28.5. The lowest BCUT2D eigenvalue weighted by Crippen LogP contribution is -2.12. The molecule has 0 fully saturated rings. The van der Waals surface area contributed by atoms with Crippen LogP contribution in [0.15, 0.2) is 82.8 Å². The molecule has 0 saturated carbocycles. The Morgan fingerprint density at radius 1 is 1.07 bits per heavy atom. The average molecular weight is 426 g/mol. The van der Waals surface area contributed by atoms with Gasteiger partial charge in [-0.2, -0.15) is 5.10 Å². The molecular weight excluding hydrogens is 408 g/mol. The van der Waals surface area contributed by atoms with Gasteiger partial charge in [-0.05, 0) is 35.4 Å². The van der Waals surface area contributed by atoms with Crippen LogP contribution in [0.1, 0.15) is 11.1 Å². The number of ether oxygens (including phenoxy) is 1. The van der Waals surface area contributed by atoms with Crippen LogP contribution in [0.25, 0.3) is 0 Å². The lowest BCUT2D eigenvalue weighted by Gasteiger charge is -2.07. The largest absolute Gasteiger partial charge is 0.489 e. The summed E-state index contributed by atoms with van der Waals surface area (Å²) in [6.07, 6.45) is 1.46. The number of nitro groups is 1. The highest BCUT2D eigenvalue weighted by atomic mass is 32.2. The second-order valence-electron chi connectivity index (χ2n) is 6.20. The molecule has 0 amide bonds. The van der Waals surface area contributed by atoms with E-state index >= 15 is 0 Å². The highest BCUT2D eigenvalue weighted by Gasteiger charge is 2.18. The Balaban J connectivity index is 1.70. The molecule has 30 heavy (non-hydrogen) atoms. The van der Waals surface area contributed by atoms with Crippen molar-refractivity contribution in [3.63, 3.8) is 0 Å². The predicted molar refractivity (Wildman–Crippen MR) is 113 cm³/mol. The van der Waals surface area contributed by atoms with Crippen LogP contribution in [-0.2, 0) is 16.6 Å². The number of nitrogens with one attached hydrogen (secondary N) is 1. The van der Waals surface area contributed by atoms with Crippen LogP contribution < -0.4 is 15.3 Å². The fourth-order valence-electron chi connectivity index (χ4n) is 2.54. The molecule has 0 spiro atoms. The van der Waals surface area contributed by atoms with Crippen LogP contribution in [0.5, 0.6) is 5.75 Å². The number of anilines is 1. The number of hydrogen-bond acceptors (Lipinski definition) is 7. The second-order valence-corrected chi connectivity index (χ2v) is 7.76. The minimum atomic E-state index is -4.05. The van der Waals surface area contributed by atoms with Gasteiger partial charge in [-0.1, -0.05) is 42.5 Å². The third kappa shape index (κ3) is 5.63. The third-order valence-electron chi connectivity index (χ3n) is 4.00. The lowest BCUT2D eigenvalue weighted by molar-refractivity contribution is -0.384. The van der Waals surface area contributed by atoms with Gasteiger partial charge in [0.1, 0.15) is 18.0 Å². The van der Waals surface area contributed by atoms with E-state index in [4.69, 9.17) is 9.88 Å². The van der Waals surface area contributed by atoms with Gasteiger partial charge >= 0.3 is 0 Å². The standard InChI is InChI=1S/C20H18N4O5S/c21-30(27,28)18-9-10-19(20(12-18)24(25)26)23-22-13-16-7-4-8-17(11-16)29-14-15-5-2-1-3-6-15/h1-13,23H,14H2,(H2,21,27,28)/b22-13-. The van der Waals surface area contributed by atoms with Gasteiger partial charge in [-0.15, -0.1) is 0 Å². The SMILES string of the molecule is NS(=O)(=O)c1ccc(N/N=C\c2cccc(OCc3ccccc3)c2)c([N+](=O)[O-])c1. The molecular formula is C20H18N4O5S. The normalized spacial score (nSPS) is 11.4. The molecule has 0 atom stereocenters. The molecule has 0 aliphatic rings. The predicted octanol–water partition coefficient (Wildman–Crippen LogP) is 3.27. The molecule has 154 valence electrons. The van der Waals surface area contributed by atoms with Crippen molar-refractivity contribution in [3.05, 3.63) is 94.0 Å². The molecule has 9 nitrogen and oxygen atoms in total. The van der Waals surface area contributed by atoms with Crippen molar-refractivity contribution in [2.75, 3.05) is 5.43 Å². The van der Waals surface area contributed by atoms with E-state index in [0.29, 0.717) is 17.9 Å². The van der Waals surface area contributed by atoms with Gasteiger partial charge in [0.15, 0.2) is 0 Å². The van der Waals surface area contributed by atoms with Crippen molar-refractivity contribution in [3.8, 4) is 5.75 Å². The van der Waals surface area contributed by atoms with E-state index in [2.05, 4.69) is 10.5 Å². The summed E-state index contributed by atoms with van der Waals surface area (Å²) in [7, 11) is -4.05. The molecule has 0 radical (unpaired) electrons. The molecule has 0 aliphatic carbocycles. The molecule has 0 unspecified atom stereocenters. The molecule has 0 aromatic heterocycles. The van der Waals surface area contributed by atoms with Crippen molar-refractivity contribution in [2.45, 2.75) is 11.5 Å². The molecule has 0 bridgehead atoms. The quantitative estimate of drug-likeness (QED) is 0.322. The average Bonchev–Trinajstić information content (AvgIpc) is 2.72. The van der Waals surface area contributed by atoms with Crippen molar-refractivity contribution in [1.29, 1.82) is 0 Å². The first-order valence-electron chi connectivity index (χ1n) is 8.70. The Labute approximate surface area is 173 Å². The molecule has 0 heterocycles.